The average molecular weight is 468 g/mol. The summed E-state index contributed by atoms with van der Waals surface area (Å²) < 4.78 is 40.8. The molecule has 1 aliphatic heterocycles. The summed E-state index contributed by atoms with van der Waals surface area (Å²) in [6.07, 6.45) is 2.23. The smallest absolute Gasteiger partial charge is 0.223 e. The number of nitrogens with zero attached hydrogens (tertiary/aromatic N) is 1. The van der Waals surface area contributed by atoms with Crippen molar-refractivity contribution >= 4 is 5.91 Å². The quantitative estimate of drug-likeness (QED) is 0.452. The van der Waals surface area contributed by atoms with Gasteiger partial charge < -0.3 is 10.0 Å². The van der Waals surface area contributed by atoms with Crippen LogP contribution in [0, 0.1) is 17.5 Å². The maximum Gasteiger partial charge on any atom is 0.223 e. The van der Waals surface area contributed by atoms with E-state index < -0.39 is 17.0 Å². The van der Waals surface area contributed by atoms with Crippen LogP contribution >= 0.6 is 0 Å². The molecule has 0 unspecified atom stereocenters. The van der Waals surface area contributed by atoms with Gasteiger partial charge in [-0.3, -0.25) is 4.79 Å². The maximum absolute atomic E-state index is 14.1. The molecule has 178 valence electrons. The van der Waals surface area contributed by atoms with Crippen LogP contribution in [0.1, 0.15) is 49.8 Å². The van der Waals surface area contributed by atoms with Gasteiger partial charge in [-0.05, 0) is 67.1 Å². The minimum atomic E-state index is -0.620. The van der Waals surface area contributed by atoms with E-state index in [9.17, 15) is 23.1 Å². The largest absolute Gasteiger partial charge is 0.396 e. The number of benzene rings is 3. The Hall–Kier alpha value is -3.12. The molecule has 1 heterocycles. The Bertz CT molecular complexity index is 1150. The number of carbonyl (C=O) groups excluding carboxylic acids is 1. The van der Waals surface area contributed by atoms with E-state index in [0.29, 0.717) is 43.4 Å². The molecule has 3 nitrogen and oxygen atoms in total. The number of hydrogen-bond acceptors (Lipinski definition) is 2. The highest BCUT2D eigenvalue weighted by Gasteiger charge is 2.41. The fourth-order valence-electron chi connectivity index (χ4n) is 5.02. The van der Waals surface area contributed by atoms with Crippen LogP contribution in [-0.4, -0.2) is 29.1 Å². The van der Waals surface area contributed by atoms with Gasteiger partial charge in [-0.15, -0.1) is 0 Å². The number of aliphatic hydroxyl groups is 1. The van der Waals surface area contributed by atoms with Gasteiger partial charge in [-0.1, -0.05) is 36.4 Å². The second-order valence-corrected chi connectivity index (χ2v) is 9.05. The van der Waals surface area contributed by atoms with Crippen LogP contribution < -0.4 is 0 Å². The van der Waals surface area contributed by atoms with Gasteiger partial charge >= 0.3 is 0 Å². The Kier molecular flexibility index (Phi) is 7.08. The highest BCUT2D eigenvalue weighted by Crippen LogP contribution is 2.42. The highest BCUT2D eigenvalue weighted by atomic mass is 19.1. The molecular formula is C28H28F3NO2. The van der Waals surface area contributed by atoms with E-state index in [-0.39, 0.29) is 24.4 Å². The molecular weight excluding hydrogens is 439 g/mol. The minimum absolute atomic E-state index is 0.00895. The Morgan fingerprint density at radius 3 is 2.26 bits per heavy atom. The van der Waals surface area contributed by atoms with Crippen LogP contribution in [0.4, 0.5) is 13.2 Å². The number of amides is 1. The molecule has 3 aromatic carbocycles. The Balaban J connectivity index is 1.52. The lowest BCUT2D eigenvalue weighted by Gasteiger charge is -2.44. The molecule has 6 heteroatoms. The monoisotopic (exact) mass is 467 g/mol. The van der Waals surface area contributed by atoms with Crippen LogP contribution in [-0.2, 0) is 10.2 Å². The fourth-order valence-corrected chi connectivity index (χ4v) is 5.02. The number of rotatable bonds is 7. The molecule has 2 atom stereocenters. The first kappa shape index (κ1) is 24.0. The minimum Gasteiger partial charge on any atom is -0.396 e. The molecule has 34 heavy (non-hydrogen) atoms. The SMILES string of the molecule is C[C@@H](c1ccc(-c2ccc(F)cc2F)cc1)N1CC[C@](CCCO)(c2ccc(F)cc2)CC1=O. The van der Waals surface area contributed by atoms with Crippen molar-refractivity contribution in [3.05, 3.63) is 95.3 Å². The highest BCUT2D eigenvalue weighted by molar-refractivity contribution is 5.79. The molecule has 4 rings (SSSR count). The van der Waals surface area contributed by atoms with Crippen molar-refractivity contribution in [2.24, 2.45) is 0 Å². The van der Waals surface area contributed by atoms with E-state index in [1.807, 2.05) is 24.0 Å². The third kappa shape index (κ3) is 4.87. The van der Waals surface area contributed by atoms with Gasteiger partial charge in [0.25, 0.3) is 0 Å². The summed E-state index contributed by atoms with van der Waals surface area (Å²) in [5, 5.41) is 9.40. The molecule has 0 aromatic heterocycles. The number of aliphatic hydroxyl groups excluding tert-OH is 1. The van der Waals surface area contributed by atoms with Crippen molar-refractivity contribution in [1.29, 1.82) is 0 Å². The molecule has 0 spiro atoms. The van der Waals surface area contributed by atoms with Crippen molar-refractivity contribution in [2.45, 2.75) is 44.1 Å². The molecule has 1 N–H and O–H groups in total. The molecule has 0 aliphatic carbocycles. The van der Waals surface area contributed by atoms with Crippen molar-refractivity contribution in [3.8, 4) is 11.1 Å². The Morgan fingerprint density at radius 1 is 0.971 bits per heavy atom. The Labute approximate surface area is 197 Å². The van der Waals surface area contributed by atoms with E-state index in [0.717, 1.165) is 17.2 Å². The van der Waals surface area contributed by atoms with E-state index in [2.05, 4.69) is 0 Å². The molecule has 1 saturated heterocycles. The summed E-state index contributed by atoms with van der Waals surface area (Å²) in [5.41, 5.74) is 2.38. The summed E-state index contributed by atoms with van der Waals surface area (Å²) in [5.74, 6) is -1.55. The lowest BCUT2D eigenvalue weighted by Crippen LogP contribution is -2.47. The zero-order chi connectivity index (χ0) is 24.3. The van der Waals surface area contributed by atoms with E-state index in [1.54, 1.807) is 24.3 Å². The normalized spacial score (nSPS) is 19.3. The van der Waals surface area contributed by atoms with E-state index >= 15 is 0 Å². The van der Waals surface area contributed by atoms with Crippen molar-refractivity contribution in [2.75, 3.05) is 13.2 Å². The second-order valence-electron chi connectivity index (χ2n) is 9.05. The zero-order valence-electron chi connectivity index (χ0n) is 19.1. The van der Waals surface area contributed by atoms with E-state index in [1.165, 1.54) is 24.3 Å². The number of likely N-dealkylation sites (tertiary alicyclic amines) is 1. The van der Waals surface area contributed by atoms with Crippen molar-refractivity contribution in [3.63, 3.8) is 0 Å². The average Bonchev–Trinajstić information content (AvgIpc) is 2.83. The lowest BCUT2D eigenvalue weighted by molar-refractivity contribution is -0.138. The standard InChI is InChI=1S/C28H28F3NO2/c1-19(20-3-5-21(6-4-20)25-12-11-24(30)17-26(25)31)32-15-14-28(13-2-16-33,18-27(32)34)22-7-9-23(29)10-8-22/h3-12,17,19,33H,2,13-16,18H2,1H3/t19-,28-/m0/s1. The first-order chi connectivity index (χ1) is 16.3. The first-order valence-electron chi connectivity index (χ1n) is 11.5. The molecule has 0 bridgehead atoms. The number of carbonyl (C=O) groups is 1. The fraction of sp³-hybridized carbons (Fsp3) is 0.321. The molecule has 3 aromatic rings. The Morgan fingerprint density at radius 2 is 1.65 bits per heavy atom. The van der Waals surface area contributed by atoms with Gasteiger partial charge in [0, 0.05) is 36.6 Å². The van der Waals surface area contributed by atoms with Crippen LogP contribution in [0.5, 0.6) is 0 Å². The zero-order valence-corrected chi connectivity index (χ0v) is 19.1. The summed E-state index contributed by atoms with van der Waals surface area (Å²) >= 11 is 0. The summed E-state index contributed by atoms with van der Waals surface area (Å²) in [7, 11) is 0. The predicted molar refractivity (Wildman–Crippen MR) is 126 cm³/mol. The molecule has 1 fully saturated rings. The predicted octanol–water partition coefficient (Wildman–Crippen LogP) is 6.16. The molecule has 1 aliphatic rings. The van der Waals surface area contributed by atoms with Gasteiger partial charge in [-0.25, -0.2) is 13.2 Å². The topological polar surface area (TPSA) is 40.5 Å². The van der Waals surface area contributed by atoms with Gasteiger partial charge in [0.15, 0.2) is 0 Å². The van der Waals surface area contributed by atoms with Crippen LogP contribution in [0.2, 0.25) is 0 Å². The van der Waals surface area contributed by atoms with Gasteiger partial charge in [0.2, 0.25) is 5.91 Å². The number of hydrogen-bond donors (Lipinski definition) is 1. The summed E-state index contributed by atoms with van der Waals surface area (Å²) in [4.78, 5) is 15.1. The van der Waals surface area contributed by atoms with Gasteiger partial charge in [0.1, 0.15) is 17.5 Å². The van der Waals surface area contributed by atoms with Crippen LogP contribution in [0.25, 0.3) is 11.1 Å². The summed E-state index contributed by atoms with van der Waals surface area (Å²) in [6, 6.07) is 16.9. The van der Waals surface area contributed by atoms with Gasteiger partial charge in [0.05, 0.1) is 6.04 Å². The summed E-state index contributed by atoms with van der Waals surface area (Å²) in [6.45, 7) is 2.54. The molecule has 1 amide bonds. The molecule has 0 saturated carbocycles. The molecule has 0 radical (unpaired) electrons. The van der Waals surface area contributed by atoms with E-state index in [4.69, 9.17) is 0 Å². The second kappa shape index (κ2) is 10.0. The lowest BCUT2D eigenvalue weighted by atomic mass is 9.69. The third-order valence-electron chi connectivity index (χ3n) is 7.01. The van der Waals surface area contributed by atoms with Crippen LogP contribution in [0.15, 0.2) is 66.7 Å². The number of halogens is 3. The first-order valence-corrected chi connectivity index (χ1v) is 11.5. The third-order valence-corrected chi connectivity index (χ3v) is 7.01. The maximum atomic E-state index is 14.1. The van der Waals surface area contributed by atoms with Crippen LogP contribution in [0.3, 0.4) is 0 Å². The van der Waals surface area contributed by atoms with Crippen molar-refractivity contribution in [1.82, 2.24) is 4.90 Å². The number of piperidine rings is 1. The van der Waals surface area contributed by atoms with Crippen molar-refractivity contribution < 1.29 is 23.1 Å². The van der Waals surface area contributed by atoms with Gasteiger partial charge in [-0.2, -0.15) is 0 Å².